The van der Waals surface area contributed by atoms with Crippen LogP contribution in [-0.2, 0) is 0 Å². The largest absolute Gasteiger partial charge is 0.0802 e. The minimum absolute atomic E-state index is 1.11. The molecule has 0 aromatic carbocycles. The van der Waals surface area contributed by atoms with Gasteiger partial charge in [-0.2, -0.15) is 0 Å². The Labute approximate surface area is 150 Å². The maximum Gasteiger partial charge on any atom is -0.0135 e. The van der Waals surface area contributed by atoms with Crippen LogP contribution in [-0.4, -0.2) is 0 Å². The molecular formula is C23H48. The van der Waals surface area contributed by atoms with Crippen molar-refractivity contribution in [2.75, 3.05) is 0 Å². The molecule has 0 heteroatoms. The normalized spacial score (nSPS) is 11.9. The summed E-state index contributed by atoms with van der Waals surface area (Å²) in [6.07, 6.45) is 14.5. The lowest BCUT2D eigenvalue weighted by atomic mass is 10.1. The summed E-state index contributed by atoms with van der Waals surface area (Å²) >= 11 is 0. The van der Waals surface area contributed by atoms with Crippen molar-refractivity contribution in [2.24, 2.45) is 0 Å². The molecular weight excluding hydrogens is 276 g/mol. The van der Waals surface area contributed by atoms with Crippen LogP contribution >= 0.6 is 0 Å². The first-order valence-corrected chi connectivity index (χ1v) is 10.0. The predicted octanol–water partition coefficient (Wildman–Crippen LogP) is 9.28. The van der Waals surface area contributed by atoms with Crippen LogP contribution in [0, 0.1) is 0 Å². The third kappa shape index (κ3) is 29.8. The number of rotatable bonds is 3. The monoisotopic (exact) mass is 324 g/mol. The van der Waals surface area contributed by atoms with E-state index in [-0.39, 0.29) is 0 Å². The van der Waals surface area contributed by atoms with E-state index in [1.807, 2.05) is 27.7 Å². The summed E-state index contributed by atoms with van der Waals surface area (Å²) in [5.41, 5.74) is 4.23. The van der Waals surface area contributed by atoms with E-state index >= 15 is 0 Å². The Kier molecular flexibility index (Phi) is 38.3. The molecule has 0 unspecified atom stereocenters. The Morgan fingerprint density at radius 1 is 0.696 bits per heavy atom. The smallest absolute Gasteiger partial charge is 0.0135 e. The zero-order chi connectivity index (χ0) is 19.1. The Morgan fingerprint density at radius 2 is 1.13 bits per heavy atom. The van der Waals surface area contributed by atoms with E-state index in [4.69, 9.17) is 0 Å². The van der Waals surface area contributed by atoms with Crippen LogP contribution in [0.15, 0.2) is 34.9 Å². The van der Waals surface area contributed by atoms with Crippen molar-refractivity contribution < 1.29 is 0 Å². The highest BCUT2D eigenvalue weighted by molar-refractivity contribution is 5.35. The van der Waals surface area contributed by atoms with Crippen LogP contribution in [0.3, 0.4) is 0 Å². The summed E-state index contributed by atoms with van der Waals surface area (Å²) < 4.78 is 0. The van der Waals surface area contributed by atoms with Crippen LogP contribution in [0.5, 0.6) is 0 Å². The molecule has 0 saturated heterocycles. The molecule has 0 amide bonds. The molecule has 0 nitrogen and oxygen atoms in total. The lowest BCUT2D eigenvalue weighted by Crippen LogP contribution is -1.74. The second-order valence-corrected chi connectivity index (χ2v) is 5.32. The molecule has 0 aromatic heterocycles. The van der Waals surface area contributed by atoms with E-state index in [0.717, 1.165) is 6.42 Å². The van der Waals surface area contributed by atoms with Crippen molar-refractivity contribution in [1.29, 1.82) is 0 Å². The summed E-state index contributed by atoms with van der Waals surface area (Å²) in [7, 11) is 0. The summed E-state index contributed by atoms with van der Waals surface area (Å²) in [6.45, 7) is 23.3. The molecule has 0 bridgehead atoms. The highest BCUT2D eigenvalue weighted by Crippen LogP contribution is 2.15. The minimum atomic E-state index is 1.11. The Hall–Kier alpha value is -0.780. The number of unbranched alkanes of at least 4 members (excludes halogenated alkanes) is 3. The van der Waals surface area contributed by atoms with Crippen LogP contribution in [0.4, 0.5) is 0 Å². The standard InChI is InChI=1S/C10H14.C5H12.C4H10.2C2H6/c1-8-5-4-6-9(2)10(3)7-8;1-3-5-4-2;1-3-4-2;2*1-2/h4,6-7H,5H2,1-3H3;3-5H2,1-2H3;3-4H2,1-2H3;2*1-2H3. The van der Waals surface area contributed by atoms with Crippen molar-refractivity contribution in [3.8, 4) is 0 Å². The molecule has 23 heavy (non-hydrogen) atoms. The molecule has 0 heterocycles. The van der Waals surface area contributed by atoms with E-state index in [1.165, 1.54) is 48.8 Å². The third-order valence-corrected chi connectivity index (χ3v) is 3.10. The second-order valence-electron chi connectivity index (χ2n) is 5.32. The predicted molar refractivity (Wildman–Crippen MR) is 114 cm³/mol. The van der Waals surface area contributed by atoms with Gasteiger partial charge in [0.2, 0.25) is 0 Å². The molecule has 0 atom stereocenters. The van der Waals surface area contributed by atoms with Gasteiger partial charge in [-0.15, -0.1) is 0 Å². The Balaban J connectivity index is -0.000000118. The number of allylic oxidation sites excluding steroid dienone is 6. The van der Waals surface area contributed by atoms with Gasteiger partial charge in [0, 0.05) is 0 Å². The van der Waals surface area contributed by atoms with Crippen molar-refractivity contribution >= 4 is 0 Å². The SMILES string of the molecule is CC.CC.CC1=CC(C)=C(C)C=CC1.CCCC.CCCCC. The van der Waals surface area contributed by atoms with E-state index in [0.29, 0.717) is 0 Å². The zero-order valence-electron chi connectivity index (χ0n) is 18.5. The van der Waals surface area contributed by atoms with E-state index in [2.05, 4.69) is 66.7 Å². The van der Waals surface area contributed by atoms with Gasteiger partial charge in [0.25, 0.3) is 0 Å². The van der Waals surface area contributed by atoms with Gasteiger partial charge < -0.3 is 0 Å². The molecule has 0 radical (unpaired) electrons. The fraction of sp³-hybridized carbons (Fsp3) is 0.739. The van der Waals surface area contributed by atoms with E-state index < -0.39 is 0 Å². The molecule has 140 valence electrons. The average Bonchev–Trinajstić information content (AvgIpc) is 2.73. The van der Waals surface area contributed by atoms with Gasteiger partial charge in [-0.3, -0.25) is 0 Å². The fourth-order valence-corrected chi connectivity index (χ4v) is 1.45. The summed E-state index contributed by atoms with van der Waals surface area (Å²) in [5.74, 6) is 0. The molecule has 0 fully saturated rings. The van der Waals surface area contributed by atoms with E-state index in [1.54, 1.807) is 0 Å². The van der Waals surface area contributed by atoms with Crippen LogP contribution in [0.2, 0.25) is 0 Å². The lowest BCUT2D eigenvalue weighted by molar-refractivity contribution is 0.772. The molecule has 0 N–H and O–H groups in total. The van der Waals surface area contributed by atoms with Crippen molar-refractivity contribution in [3.05, 3.63) is 34.9 Å². The van der Waals surface area contributed by atoms with Crippen LogP contribution in [0.1, 0.15) is 115 Å². The second kappa shape index (κ2) is 29.3. The first-order chi connectivity index (χ1) is 11.0. The van der Waals surface area contributed by atoms with Gasteiger partial charge in [-0.25, -0.2) is 0 Å². The summed E-state index contributed by atoms with van der Waals surface area (Å²) in [4.78, 5) is 0. The molecule has 0 aromatic rings. The lowest BCUT2D eigenvalue weighted by Gasteiger charge is -1.94. The minimum Gasteiger partial charge on any atom is -0.0802 e. The van der Waals surface area contributed by atoms with Crippen molar-refractivity contribution in [3.63, 3.8) is 0 Å². The Morgan fingerprint density at radius 3 is 1.43 bits per heavy atom. The van der Waals surface area contributed by atoms with E-state index in [9.17, 15) is 0 Å². The highest BCUT2D eigenvalue weighted by atomic mass is 14.0. The van der Waals surface area contributed by atoms with Gasteiger partial charge in [-0.1, -0.05) is 111 Å². The average molecular weight is 325 g/mol. The molecule has 1 aliphatic rings. The first kappa shape index (κ1) is 30.1. The highest BCUT2D eigenvalue weighted by Gasteiger charge is 1.95. The molecule has 1 aliphatic carbocycles. The van der Waals surface area contributed by atoms with Gasteiger partial charge >= 0.3 is 0 Å². The van der Waals surface area contributed by atoms with Gasteiger partial charge in [-0.05, 0) is 38.3 Å². The number of hydrogen-bond acceptors (Lipinski definition) is 0. The van der Waals surface area contributed by atoms with Crippen LogP contribution < -0.4 is 0 Å². The maximum absolute atomic E-state index is 2.26. The van der Waals surface area contributed by atoms with Crippen molar-refractivity contribution in [1.82, 2.24) is 0 Å². The molecule has 0 spiro atoms. The summed E-state index contributed by atoms with van der Waals surface area (Å²) in [6, 6.07) is 0. The molecule has 0 saturated carbocycles. The third-order valence-electron chi connectivity index (χ3n) is 3.10. The quantitative estimate of drug-likeness (QED) is 0.485. The van der Waals surface area contributed by atoms with Crippen LogP contribution in [0.25, 0.3) is 0 Å². The summed E-state index contributed by atoms with van der Waals surface area (Å²) in [5, 5.41) is 0. The fourth-order valence-electron chi connectivity index (χ4n) is 1.45. The molecule has 1 rings (SSSR count). The van der Waals surface area contributed by atoms with Gasteiger partial charge in [0.05, 0.1) is 0 Å². The zero-order valence-corrected chi connectivity index (χ0v) is 18.5. The topological polar surface area (TPSA) is 0 Å². The number of hydrogen-bond donors (Lipinski definition) is 0. The van der Waals surface area contributed by atoms with Crippen molar-refractivity contribution in [2.45, 2.75) is 115 Å². The molecule has 0 aliphatic heterocycles. The maximum atomic E-state index is 2.26. The van der Waals surface area contributed by atoms with Gasteiger partial charge in [0.1, 0.15) is 0 Å². The first-order valence-electron chi connectivity index (χ1n) is 10.0. The Bertz CT molecular complexity index is 272. The van der Waals surface area contributed by atoms with Gasteiger partial charge in [0.15, 0.2) is 0 Å².